The highest BCUT2D eigenvalue weighted by Crippen LogP contribution is 2.36. The Labute approximate surface area is 159 Å². The summed E-state index contributed by atoms with van der Waals surface area (Å²) in [5, 5.41) is 5.73. The largest absolute Gasteiger partial charge is 0.462 e. The normalized spacial score (nSPS) is 10.5. The van der Waals surface area contributed by atoms with Crippen LogP contribution in [0.3, 0.4) is 0 Å². The third-order valence-electron chi connectivity index (χ3n) is 3.17. The lowest BCUT2D eigenvalue weighted by Gasteiger charge is -2.09. The molecule has 0 saturated carbocycles. The first-order chi connectivity index (χ1) is 12.1. The quantitative estimate of drug-likeness (QED) is 0.521. The zero-order valence-corrected chi connectivity index (χ0v) is 16.1. The van der Waals surface area contributed by atoms with Crippen LogP contribution in [0.4, 0.5) is 5.00 Å². The van der Waals surface area contributed by atoms with Crippen LogP contribution in [0.15, 0.2) is 29.6 Å². The van der Waals surface area contributed by atoms with Crippen LogP contribution in [0.1, 0.15) is 17.3 Å². The fourth-order valence-electron chi connectivity index (χ4n) is 2.11. The first kappa shape index (κ1) is 19.8. The highest BCUT2D eigenvalue weighted by Gasteiger charge is 2.22. The van der Waals surface area contributed by atoms with Gasteiger partial charge in [0.15, 0.2) is 0 Å². The summed E-state index contributed by atoms with van der Waals surface area (Å²) in [6, 6.07) is 7.17. The molecule has 8 heteroatoms. The number of thiophene rings is 1. The number of anilines is 1. The molecule has 0 atom stereocenters. The first-order valence-electron chi connectivity index (χ1n) is 7.69. The number of halogens is 1. The highest BCUT2D eigenvalue weighted by atomic mass is 35.5. The lowest BCUT2D eigenvalue weighted by molar-refractivity contribution is -0.113. The van der Waals surface area contributed by atoms with Crippen LogP contribution >= 0.6 is 34.7 Å². The number of carbonyl (C=O) groups excluding carboxylic acids is 2. The molecule has 0 fully saturated rings. The number of rotatable bonds is 8. The Kier molecular flexibility index (Phi) is 7.77. The molecule has 0 saturated heterocycles. The summed E-state index contributed by atoms with van der Waals surface area (Å²) in [6.45, 7) is 2.52. The van der Waals surface area contributed by atoms with E-state index in [1.54, 1.807) is 19.1 Å². The van der Waals surface area contributed by atoms with Gasteiger partial charge in [0.2, 0.25) is 5.91 Å². The number of thioether (sulfide) groups is 1. The highest BCUT2D eigenvalue weighted by molar-refractivity contribution is 7.99. The van der Waals surface area contributed by atoms with Gasteiger partial charge in [-0.05, 0) is 24.6 Å². The SMILES string of the molecule is CCOC(=O)c1c(-c2ccc(Cl)cc2)csc1NC(=O)CSCCN. The maximum Gasteiger partial charge on any atom is 0.341 e. The monoisotopic (exact) mass is 398 g/mol. The van der Waals surface area contributed by atoms with Gasteiger partial charge in [-0.25, -0.2) is 4.79 Å². The van der Waals surface area contributed by atoms with Crippen molar-refractivity contribution in [2.24, 2.45) is 5.73 Å². The van der Waals surface area contributed by atoms with Gasteiger partial charge in [-0.1, -0.05) is 23.7 Å². The van der Waals surface area contributed by atoms with Gasteiger partial charge >= 0.3 is 5.97 Å². The number of ether oxygens (including phenoxy) is 1. The molecule has 2 rings (SSSR count). The topological polar surface area (TPSA) is 81.4 Å². The third-order valence-corrected chi connectivity index (χ3v) is 5.31. The van der Waals surface area contributed by atoms with Gasteiger partial charge in [0, 0.05) is 28.3 Å². The smallest absolute Gasteiger partial charge is 0.341 e. The van der Waals surface area contributed by atoms with E-state index < -0.39 is 5.97 Å². The molecule has 25 heavy (non-hydrogen) atoms. The molecule has 1 aromatic heterocycles. The lowest BCUT2D eigenvalue weighted by atomic mass is 10.0. The van der Waals surface area contributed by atoms with Crippen molar-refractivity contribution in [3.63, 3.8) is 0 Å². The van der Waals surface area contributed by atoms with Gasteiger partial charge in [-0.2, -0.15) is 11.8 Å². The Morgan fingerprint density at radius 3 is 2.68 bits per heavy atom. The van der Waals surface area contributed by atoms with Crippen LogP contribution in [0, 0.1) is 0 Å². The van der Waals surface area contributed by atoms with Gasteiger partial charge in [-0.15, -0.1) is 11.3 Å². The van der Waals surface area contributed by atoms with Crippen molar-refractivity contribution in [1.82, 2.24) is 0 Å². The van der Waals surface area contributed by atoms with E-state index in [1.165, 1.54) is 23.1 Å². The molecule has 134 valence electrons. The molecule has 0 unspecified atom stereocenters. The Morgan fingerprint density at radius 2 is 2.04 bits per heavy atom. The van der Waals surface area contributed by atoms with Crippen LogP contribution in [0.2, 0.25) is 5.02 Å². The lowest BCUT2D eigenvalue weighted by Crippen LogP contribution is -2.17. The summed E-state index contributed by atoms with van der Waals surface area (Å²) in [5.41, 5.74) is 7.34. The molecule has 0 aliphatic rings. The molecule has 0 bridgehead atoms. The van der Waals surface area contributed by atoms with Crippen LogP contribution in [0.5, 0.6) is 0 Å². The average Bonchev–Trinajstić information content (AvgIpc) is 2.99. The summed E-state index contributed by atoms with van der Waals surface area (Å²) in [5.74, 6) is 0.360. The van der Waals surface area contributed by atoms with Crippen molar-refractivity contribution >= 4 is 51.6 Å². The molecule has 1 aromatic carbocycles. The fraction of sp³-hybridized carbons (Fsp3) is 0.294. The number of carbonyl (C=O) groups is 2. The summed E-state index contributed by atoms with van der Waals surface area (Å²) >= 11 is 8.67. The minimum Gasteiger partial charge on any atom is -0.462 e. The molecule has 1 heterocycles. The molecular formula is C17H19ClN2O3S2. The van der Waals surface area contributed by atoms with Crippen LogP contribution in [0.25, 0.3) is 11.1 Å². The zero-order chi connectivity index (χ0) is 18.2. The maximum atomic E-state index is 12.4. The standard InChI is InChI=1S/C17H19ClN2O3S2/c1-2-23-17(22)15-13(11-3-5-12(18)6-4-11)9-25-16(15)20-14(21)10-24-8-7-19/h3-6,9H,2,7-8,10,19H2,1H3,(H,20,21). The Hall–Kier alpha value is -1.54. The van der Waals surface area contributed by atoms with Crippen molar-refractivity contribution < 1.29 is 14.3 Å². The molecule has 5 nitrogen and oxygen atoms in total. The maximum absolute atomic E-state index is 12.4. The van der Waals surface area contributed by atoms with Gasteiger partial charge in [0.1, 0.15) is 10.6 Å². The first-order valence-corrected chi connectivity index (χ1v) is 10.1. The van der Waals surface area contributed by atoms with E-state index in [2.05, 4.69) is 5.32 Å². The van der Waals surface area contributed by atoms with Crippen molar-refractivity contribution in [3.05, 3.63) is 40.2 Å². The van der Waals surface area contributed by atoms with E-state index in [0.29, 0.717) is 33.4 Å². The minimum atomic E-state index is -0.460. The number of hydrogen-bond acceptors (Lipinski definition) is 6. The molecule has 3 N–H and O–H groups in total. The fourth-order valence-corrected chi connectivity index (χ4v) is 3.78. The summed E-state index contributed by atoms with van der Waals surface area (Å²) < 4.78 is 5.16. The Balaban J connectivity index is 2.29. The molecule has 0 aliphatic heterocycles. The number of nitrogens with one attached hydrogen (secondary N) is 1. The summed E-state index contributed by atoms with van der Waals surface area (Å²) in [7, 11) is 0. The second kappa shape index (κ2) is 9.82. The Bertz CT molecular complexity index is 732. The minimum absolute atomic E-state index is 0.173. The van der Waals surface area contributed by atoms with Gasteiger partial charge in [0.05, 0.1) is 12.4 Å². The molecule has 1 amide bonds. The van der Waals surface area contributed by atoms with Crippen molar-refractivity contribution in [2.45, 2.75) is 6.92 Å². The average molecular weight is 399 g/mol. The predicted octanol–water partition coefficient (Wildman–Crippen LogP) is 3.88. The number of amides is 1. The second-order valence-electron chi connectivity index (χ2n) is 4.97. The van der Waals surface area contributed by atoms with E-state index >= 15 is 0 Å². The molecule has 0 spiro atoms. The van der Waals surface area contributed by atoms with Gasteiger partial charge in [-0.3, -0.25) is 4.79 Å². The number of hydrogen-bond donors (Lipinski definition) is 2. The number of nitrogens with two attached hydrogens (primary N) is 1. The van der Waals surface area contributed by atoms with Crippen molar-refractivity contribution in [3.8, 4) is 11.1 Å². The second-order valence-corrected chi connectivity index (χ2v) is 7.39. The number of benzene rings is 1. The van der Waals surface area contributed by atoms with E-state index in [9.17, 15) is 9.59 Å². The van der Waals surface area contributed by atoms with E-state index in [1.807, 2.05) is 17.5 Å². The van der Waals surface area contributed by atoms with Crippen LogP contribution < -0.4 is 11.1 Å². The predicted molar refractivity (Wildman–Crippen MR) is 106 cm³/mol. The zero-order valence-electron chi connectivity index (χ0n) is 13.7. The van der Waals surface area contributed by atoms with Crippen molar-refractivity contribution in [2.75, 3.05) is 30.0 Å². The number of esters is 1. The molecule has 0 radical (unpaired) electrons. The van der Waals surface area contributed by atoms with Crippen LogP contribution in [-0.4, -0.2) is 36.5 Å². The Morgan fingerprint density at radius 1 is 1.32 bits per heavy atom. The molecule has 0 aliphatic carbocycles. The van der Waals surface area contributed by atoms with E-state index in [4.69, 9.17) is 22.1 Å². The summed E-state index contributed by atoms with van der Waals surface area (Å²) in [4.78, 5) is 24.5. The van der Waals surface area contributed by atoms with E-state index in [0.717, 1.165) is 5.56 Å². The van der Waals surface area contributed by atoms with Gasteiger partial charge in [0.25, 0.3) is 0 Å². The molecular weight excluding hydrogens is 380 g/mol. The van der Waals surface area contributed by atoms with E-state index in [-0.39, 0.29) is 18.3 Å². The third kappa shape index (κ3) is 5.47. The molecule has 2 aromatic rings. The van der Waals surface area contributed by atoms with Crippen molar-refractivity contribution in [1.29, 1.82) is 0 Å². The van der Waals surface area contributed by atoms with Gasteiger partial charge < -0.3 is 15.8 Å². The summed E-state index contributed by atoms with van der Waals surface area (Å²) in [6.07, 6.45) is 0. The van der Waals surface area contributed by atoms with Crippen LogP contribution in [-0.2, 0) is 9.53 Å².